The maximum absolute atomic E-state index is 10.2. The van der Waals surface area contributed by atoms with Crippen molar-refractivity contribution >= 4 is 6.29 Å². The summed E-state index contributed by atoms with van der Waals surface area (Å²) in [7, 11) is 0. The highest BCUT2D eigenvalue weighted by Gasteiger charge is 1.97. The van der Waals surface area contributed by atoms with Crippen molar-refractivity contribution in [3.8, 4) is 6.07 Å². The Bertz CT molecular complexity index is 271. The monoisotopic (exact) mass is 135 g/mol. The lowest BCUT2D eigenvalue weighted by atomic mass is 10.6. The average molecular weight is 135 g/mol. The van der Waals surface area contributed by atoms with Crippen LogP contribution in [0.1, 0.15) is 10.6 Å². The van der Waals surface area contributed by atoms with Crippen molar-refractivity contribution in [3.05, 3.63) is 18.2 Å². The average Bonchev–Trinajstić information content (AvgIpc) is 2.36. The Kier molecular flexibility index (Phi) is 1.80. The van der Waals surface area contributed by atoms with E-state index in [0.29, 0.717) is 12.1 Å². The van der Waals surface area contributed by atoms with Crippen LogP contribution < -0.4 is 0 Å². The first-order valence-corrected chi connectivity index (χ1v) is 2.71. The molecule has 0 radical (unpaired) electrons. The third-order valence-electron chi connectivity index (χ3n) is 1.09. The highest BCUT2D eigenvalue weighted by molar-refractivity contribution is 5.69. The molecule has 0 fully saturated rings. The van der Waals surface area contributed by atoms with Crippen molar-refractivity contribution in [2.75, 3.05) is 0 Å². The predicted molar refractivity (Wildman–Crippen MR) is 33.2 cm³/mol. The highest BCUT2D eigenvalue weighted by atomic mass is 16.1. The lowest BCUT2D eigenvalue weighted by Gasteiger charge is -1.92. The number of aromatic nitrogens is 2. The van der Waals surface area contributed by atoms with Gasteiger partial charge in [0.1, 0.15) is 6.54 Å². The Morgan fingerprint density at radius 1 is 1.90 bits per heavy atom. The molecule has 0 bridgehead atoms. The summed E-state index contributed by atoms with van der Waals surface area (Å²) in [6.07, 6.45) is 3.70. The molecule has 0 aliphatic heterocycles. The van der Waals surface area contributed by atoms with Crippen LogP contribution in [0, 0.1) is 11.3 Å². The molecule has 0 saturated carbocycles. The quantitative estimate of drug-likeness (QED) is 0.545. The maximum Gasteiger partial charge on any atom is 0.185 e. The molecular weight excluding hydrogens is 130 g/mol. The molecule has 1 aromatic heterocycles. The van der Waals surface area contributed by atoms with Crippen LogP contribution in [0.3, 0.4) is 0 Å². The zero-order valence-electron chi connectivity index (χ0n) is 5.19. The molecule has 0 aliphatic rings. The van der Waals surface area contributed by atoms with E-state index in [1.54, 1.807) is 6.20 Å². The fourth-order valence-corrected chi connectivity index (χ4v) is 0.649. The molecular formula is C6H5N3O. The summed E-state index contributed by atoms with van der Waals surface area (Å²) in [5.74, 6) is 0.293. The Hall–Kier alpha value is -1.63. The van der Waals surface area contributed by atoms with Gasteiger partial charge in [-0.15, -0.1) is 0 Å². The van der Waals surface area contributed by atoms with E-state index in [1.165, 1.54) is 10.8 Å². The molecule has 0 aliphatic carbocycles. The fraction of sp³-hybridized carbons (Fsp3) is 0.167. The van der Waals surface area contributed by atoms with Crippen LogP contribution in [-0.4, -0.2) is 15.8 Å². The molecule has 0 unspecified atom stereocenters. The number of hydrogen-bond donors (Lipinski definition) is 0. The molecule has 10 heavy (non-hydrogen) atoms. The Morgan fingerprint density at radius 2 is 2.70 bits per heavy atom. The van der Waals surface area contributed by atoms with Gasteiger partial charge >= 0.3 is 0 Å². The van der Waals surface area contributed by atoms with Crippen LogP contribution in [0.25, 0.3) is 0 Å². The van der Waals surface area contributed by atoms with Gasteiger partial charge in [0.2, 0.25) is 0 Å². The molecule has 0 amide bonds. The van der Waals surface area contributed by atoms with Gasteiger partial charge in [-0.1, -0.05) is 0 Å². The Balaban J connectivity index is 2.92. The summed E-state index contributed by atoms with van der Waals surface area (Å²) in [6, 6.07) is 1.91. The number of hydrogen-bond acceptors (Lipinski definition) is 3. The number of imidazole rings is 1. The van der Waals surface area contributed by atoms with Gasteiger partial charge in [0, 0.05) is 12.4 Å². The van der Waals surface area contributed by atoms with Crippen molar-refractivity contribution in [3.63, 3.8) is 0 Å². The SMILES string of the molecule is N#CCn1ccnc1C=O. The van der Waals surface area contributed by atoms with Gasteiger partial charge in [0.25, 0.3) is 0 Å². The van der Waals surface area contributed by atoms with Gasteiger partial charge in [0.05, 0.1) is 6.07 Å². The first kappa shape index (κ1) is 6.49. The largest absolute Gasteiger partial charge is 0.315 e. The Labute approximate surface area is 57.7 Å². The van der Waals surface area contributed by atoms with Crippen molar-refractivity contribution in [1.29, 1.82) is 5.26 Å². The molecule has 4 heteroatoms. The van der Waals surface area contributed by atoms with E-state index >= 15 is 0 Å². The fourth-order valence-electron chi connectivity index (χ4n) is 0.649. The molecule has 50 valence electrons. The lowest BCUT2D eigenvalue weighted by Crippen LogP contribution is -1.99. The van der Waals surface area contributed by atoms with Crippen LogP contribution >= 0.6 is 0 Å². The summed E-state index contributed by atoms with van der Waals surface area (Å²) in [4.78, 5) is 13.9. The van der Waals surface area contributed by atoms with Gasteiger partial charge in [-0.2, -0.15) is 5.26 Å². The van der Waals surface area contributed by atoms with E-state index in [-0.39, 0.29) is 6.54 Å². The molecule has 0 N–H and O–H groups in total. The summed E-state index contributed by atoms with van der Waals surface area (Å²) >= 11 is 0. The van der Waals surface area contributed by atoms with Crippen LogP contribution in [-0.2, 0) is 6.54 Å². The van der Waals surface area contributed by atoms with E-state index in [0.717, 1.165) is 0 Å². The zero-order valence-corrected chi connectivity index (χ0v) is 5.19. The van der Waals surface area contributed by atoms with E-state index in [2.05, 4.69) is 4.98 Å². The van der Waals surface area contributed by atoms with Crippen LogP contribution in [0.4, 0.5) is 0 Å². The summed E-state index contributed by atoms with van der Waals surface area (Å²) in [5.41, 5.74) is 0. The van der Waals surface area contributed by atoms with Crippen molar-refractivity contribution in [2.45, 2.75) is 6.54 Å². The molecule has 0 atom stereocenters. The first-order chi connectivity index (χ1) is 4.88. The molecule has 0 saturated heterocycles. The number of carbonyl (C=O) groups excluding carboxylic acids is 1. The normalized spacial score (nSPS) is 8.70. The molecule has 1 heterocycles. The number of aldehydes is 1. The Morgan fingerprint density at radius 3 is 3.30 bits per heavy atom. The molecule has 1 rings (SSSR count). The minimum Gasteiger partial charge on any atom is -0.315 e. The second-order valence-corrected chi connectivity index (χ2v) is 1.69. The molecule has 0 spiro atoms. The van der Waals surface area contributed by atoms with Gasteiger partial charge in [-0.25, -0.2) is 4.98 Å². The van der Waals surface area contributed by atoms with Gasteiger partial charge < -0.3 is 4.57 Å². The maximum atomic E-state index is 10.2. The second-order valence-electron chi connectivity index (χ2n) is 1.69. The third-order valence-corrected chi connectivity index (χ3v) is 1.09. The predicted octanol–water partition coefficient (Wildman–Crippen LogP) is 0.219. The summed E-state index contributed by atoms with van der Waals surface area (Å²) < 4.78 is 1.48. The third kappa shape index (κ3) is 1.03. The van der Waals surface area contributed by atoms with E-state index in [1.807, 2.05) is 6.07 Å². The first-order valence-electron chi connectivity index (χ1n) is 2.71. The number of carbonyl (C=O) groups is 1. The summed E-state index contributed by atoms with van der Waals surface area (Å²) in [6.45, 7) is 0.175. The minimum atomic E-state index is 0.175. The van der Waals surface area contributed by atoms with Crippen LogP contribution in [0.2, 0.25) is 0 Å². The van der Waals surface area contributed by atoms with E-state index in [4.69, 9.17) is 5.26 Å². The van der Waals surface area contributed by atoms with E-state index < -0.39 is 0 Å². The smallest absolute Gasteiger partial charge is 0.185 e. The lowest BCUT2D eigenvalue weighted by molar-refractivity contribution is 0.111. The molecule has 1 aromatic rings. The van der Waals surface area contributed by atoms with Crippen molar-refractivity contribution in [1.82, 2.24) is 9.55 Å². The zero-order chi connectivity index (χ0) is 7.40. The van der Waals surface area contributed by atoms with Crippen molar-refractivity contribution in [2.24, 2.45) is 0 Å². The minimum absolute atomic E-state index is 0.175. The number of nitriles is 1. The van der Waals surface area contributed by atoms with Crippen LogP contribution in [0.15, 0.2) is 12.4 Å². The van der Waals surface area contributed by atoms with Gasteiger partial charge in [0.15, 0.2) is 12.1 Å². The van der Waals surface area contributed by atoms with E-state index in [9.17, 15) is 4.79 Å². The van der Waals surface area contributed by atoms with Crippen molar-refractivity contribution < 1.29 is 4.79 Å². The number of rotatable bonds is 2. The van der Waals surface area contributed by atoms with Gasteiger partial charge in [-0.05, 0) is 0 Å². The van der Waals surface area contributed by atoms with Gasteiger partial charge in [-0.3, -0.25) is 4.79 Å². The summed E-state index contributed by atoms with van der Waals surface area (Å²) in [5, 5.41) is 8.24. The topological polar surface area (TPSA) is 58.7 Å². The number of nitrogens with zero attached hydrogens (tertiary/aromatic N) is 3. The standard InChI is InChI=1S/C6H5N3O/c7-1-3-9-4-2-8-6(9)5-10/h2,4-5H,3H2. The molecule has 4 nitrogen and oxygen atoms in total. The highest BCUT2D eigenvalue weighted by Crippen LogP contribution is 1.91. The molecule has 0 aromatic carbocycles. The van der Waals surface area contributed by atoms with Crippen LogP contribution in [0.5, 0.6) is 0 Å². The second kappa shape index (κ2) is 2.78.